The van der Waals surface area contributed by atoms with Crippen molar-refractivity contribution in [3.8, 4) is 0 Å². The molecule has 0 N–H and O–H groups in total. The standard InChI is InChI=1S/C10H8Cl2O2/c1-6(11)10(14)7-2-3-8(5-13)9(12)4-7/h2-6H,1H3. The summed E-state index contributed by atoms with van der Waals surface area (Å²) in [5, 5.41) is -0.323. The lowest BCUT2D eigenvalue weighted by Crippen LogP contribution is -2.10. The fourth-order valence-electron chi connectivity index (χ4n) is 1.01. The molecule has 1 aromatic carbocycles. The fraction of sp³-hybridized carbons (Fsp3) is 0.200. The fourth-order valence-corrected chi connectivity index (χ4v) is 1.36. The quantitative estimate of drug-likeness (QED) is 0.455. The van der Waals surface area contributed by atoms with Gasteiger partial charge in [-0.05, 0) is 19.1 Å². The molecule has 4 heteroatoms. The first-order valence-corrected chi connectivity index (χ1v) is 4.80. The molecule has 14 heavy (non-hydrogen) atoms. The molecule has 0 amide bonds. The smallest absolute Gasteiger partial charge is 0.180 e. The minimum Gasteiger partial charge on any atom is -0.298 e. The number of carbonyl (C=O) groups excluding carboxylic acids is 2. The second kappa shape index (κ2) is 4.58. The lowest BCUT2D eigenvalue weighted by Gasteiger charge is -2.03. The number of carbonyl (C=O) groups is 2. The topological polar surface area (TPSA) is 34.1 Å². The highest BCUT2D eigenvalue weighted by Gasteiger charge is 2.13. The van der Waals surface area contributed by atoms with Crippen LogP contribution in [0.5, 0.6) is 0 Å². The van der Waals surface area contributed by atoms with Crippen molar-refractivity contribution >= 4 is 35.3 Å². The Morgan fingerprint density at radius 3 is 2.57 bits per heavy atom. The maximum Gasteiger partial charge on any atom is 0.180 e. The molecule has 0 spiro atoms. The van der Waals surface area contributed by atoms with E-state index in [1.54, 1.807) is 6.92 Å². The molecule has 0 radical (unpaired) electrons. The molecule has 0 bridgehead atoms. The highest BCUT2D eigenvalue weighted by atomic mass is 35.5. The summed E-state index contributed by atoms with van der Waals surface area (Å²) in [7, 11) is 0. The van der Waals surface area contributed by atoms with Crippen molar-refractivity contribution in [1.29, 1.82) is 0 Å². The number of Topliss-reactive ketones (excluding diaryl/α,β-unsaturated/α-hetero) is 1. The van der Waals surface area contributed by atoms with E-state index in [4.69, 9.17) is 23.2 Å². The molecule has 2 nitrogen and oxygen atoms in total. The van der Waals surface area contributed by atoms with E-state index < -0.39 is 5.38 Å². The zero-order valence-corrected chi connectivity index (χ0v) is 8.97. The molecule has 74 valence electrons. The van der Waals surface area contributed by atoms with Crippen LogP contribution in [0.3, 0.4) is 0 Å². The predicted octanol–water partition coefficient (Wildman–Crippen LogP) is 2.96. The van der Waals surface area contributed by atoms with Gasteiger partial charge in [0.25, 0.3) is 0 Å². The molecule has 0 aliphatic carbocycles. The Morgan fingerprint density at radius 1 is 1.50 bits per heavy atom. The summed E-state index contributed by atoms with van der Waals surface area (Å²) < 4.78 is 0. The third-order valence-electron chi connectivity index (χ3n) is 1.77. The number of aldehydes is 1. The van der Waals surface area contributed by atoms with Gasteiger partial charge < -0.3 is 0 Å². The predicted molar refractivity (Wildman–Crippen MR) is 56.5 cm³/mol. The Kier molecular flexibility index (Phi) is 3.67. The molecule has 0 aromatic heterocycles. The summed E-state index contributed by atoms with van der Waals surface area (Å²) in [6.07, 6.45) is 0.640. The molecular weight excluding hydrogens is 223 g/mol. The van der Waals surface area contributed by atoms with Crippen molar-refractivity contribution < 1.29 is 9.59 Å². The first-order valence-electron chi connectivity index (χ1n) is 3.99. The van der Waals surface area contributed by atoms with E-state index in [9.17, 15) is 9.59 Å². The minimum absolute atomic E-state index is 0.203. The summed E-state index contributed by atoms with van der Waals surface area (Å²) in [6.45, 7) is 1.59. The molecule has 0 saturated heterocycles. The van der Waals surface area contributed by atoms with Crippen LogP contribution in [-0.4, -0.2) is 17.4 Å². The number of halogens is 2. The second-order valence-corrected chi connectivity index (χ2v) is 3.90. The highest BCUT2D eigenvalue weighted by molar-refractivity contribution is 6.35. The Balaban J connectivity index is 3.08. The maximum atomic E-state index is 11.4. The van der Waals surface area contributed by atoms with E-state index in [2.05, 4.69) is 0 Å². The van der Waals surface area contributed by atoms with Gasteiger partial charge in [0.15, 0.2) is 12.1 Å². The summed E-state index contributed by atoms with van der Waals surface area (Å²) in [6, 6.07) is 4.49. The second-order valence-electron chi connectivity index (χ2n) is 2.83. The van der Waals surface area contributed by atoms with Crippen molar-refractivity contribution in [1.82, 2.24) is 0 Å². The molecule has 0 aliphatic heterocycles. The van der Waals surface area contributed by atoms with Gasteiger partial charge >= 0.3 is 0 Å². The summed E-state index contributed by atoms with van der Waals surface area (Å²) in [5.74, 6) is -0.203. The largest absolute Gasteiger partial charge is 0.298 e. The van der Waals surface area contributed by atoms with Crippen LogP contribution in [0.25, 0.3) is 0 Å². The molecule has 1 atom stereocenters. The summed E-state index contributed by atoms with van der Waals surface area (Å²) in [4.78, 5) is 21.9. The summed E-state index contributed by atoms with van der Waals surface area (Å²) in [5.41, 5.74) is 0.786. The average molecular weight is 231 g/mol. The number of rotatable bonds is 3. The van der Waals surface area contributed by atoms with Gasteiger partial charge in [-0.2, -0.15) is 0 Å². The zero-order chi connectivity index (χ0) is 10.7. The Morgan fingerprint density at radius 2 is 2.14 bits per heavy atom. The third kappa shape index (κ3) is 2.34. The van der Waals surface area contributed by atoms with Crippen molar-refractivity contribution in [3.05, 3.63) is 34.3 Å². The molecule has 0 heterocycles. The Labute approximate surface area is 91.8 Å². The molecule has 0 saturated carbocycles. The number of hydrogen-bond acceptors (Lipinski definition) is 2. The van der Waals surface area contributed by atoms with Crippen molar-refractivity contribution in [2.75, 3.05) is 0 Å². The van der Waals surface area contributed by atoms with Crippen LogP contribution >= 0.6 is 23.2 Å². The van der Waals surface area contributed by atoms with Crippen molar-refractivity contribution in [2.24, 2.45) is 0 Å². The zero-order valence-electron chi connectivity index (χ0n) is 7.46. The van der Waals surface area contributed by atoms with Gasteiger partial charge in [-0.15, -0.1) is 11.6 Å². The van der Waals surface area contributed by atoms with E-state index in [1.165, 1.54) is 18.2 Å². The molecule has 1 unspecified atom stereocenters. The normalized spacial score (nSPS) is 12.2. The Bertz CT molecular complexity index is 372. The van der Waals surface area contributed by atoms with Gasteiger partial charge in [0, 0.05) is 11.1 Å². The SMILES string of the molecule is CC(Cl)C(=O)c1ccc(C=O)c(Cl)c1. The van der Waals surface area contributed by atoms with Crippen LogP contribution in [0.2, 0.25) is 5.02 Å². The van der Waals surface area contributed by atoms with Gasteiger partial charge in [-0.3, -0.25) is 9.59 Å². The van der Waals surface area contributed by atoms with Crippen LogP contribution in [0, 0.1) is 0 Å². The highest BCUT2D eigenvalue weighted by Crippen LogP contribution is 2.18. The van der Waals surface area contributed by atoms with Crippen LogP contribution in [0.4, 0.5) is 0 Å². The van der Waals surface area contributed by atoms with E-state index in [-0.39, 0.29) is 10.8 Å². The lowest BCUT2D eigenvalue weighted by molar-refractivity contribution is 0.0991. The number of benzene rings is 1. The molecule has 1 aromatic rings. The van der Waals surface area contributed by atoms with Gasteiger partial charge in [0.2, 0.25) is 0 Å². The summed E-state index contributed by atoms with van der Waals surface area (Å²) >= 11 is 11.4. The van der Waals surface area contributed by atoms with Crippen molar-refractivity contribution in [2.45, 2.75) is 12.3 Å². The van der Waals surface area contributed by atoms with E-state index in [0.717, 1.165) is 0 Å². The lowest BCUT2D eigenvalue weighted by atomic mass is 10.1. The number of hydrogen-bond donors (Lipinski definition) is 0. The first kappa shape index (κ1) is 11.2. The van der Waals surface area contributed by atoms with Crippen LogP contribution < -0.4 is 0 Å². The number of alkyl halides is 1. The van der Waals surface area contributed by atoms with Gasteiger partial charge in [0.1, 0.15) is 0 Å². The van der Waals surface area contributed by atoms with Crippen molar-refractivity contribution in [3.63, 3.8) is 0 Å². The van der Waals surface area contributed by atoms with Crippen LogP contribution in [-0.2, 0) is 0 Å². The maximum absolute atomic E-state index is 11.4. The average Bonchev–Trinajstić information content (AvgIpc) is 2.16. The van der Waals surface area contributed by atoms with E-state index in [0.29, 0.717) is 17.4 Å². The number of ketones is 1. The monoisotopic (exact) mass is 230 g/mol. The Hall–Kier alpha value is -0.860. The molecule has 0 fully saturated rings. The van der Waals surface area contributed by atoms with Crippen LogP contribution in [0.1, 0.15) is 27.6 Å². The first-order chi connectivity index (χ1) is 6.56. The molecule has 1 rings (SSSR count). The molecule has 0 aliphatic rings. The molecular formula is C10H8Cl2O2. The third-order valence-corrected chi connectivity index (χ3v) is 2.30. The van der Waals surface area contributed by atoms with E-state index in [1.807, 2.05) is 0 Å². The van der Waals surface area contributed by atoms with Crippen LogP contribution in [0.15, 0.2) is 18.2 Å². The van der Waals surface area contributed by atoms with Gasteiger partial charge in [-0.1, -0.05) is 17.7 Å². The van der Waals surface area contributed by atoms with Gasteiger partial charge in [-0.25, -0.2) is 0 Å². The van der Waals surface area contributed by atoms with Gasteiger partial charge in [0.05, 0.1) is 10.4 Å². The minimum atomic E-state index is -0.590. The van der Waals surface area contributed by atoms with E-state index >= 15 is 0 Å².